The lowest BCUT2D eigenvalue weighted by Gasteiger charge is -2.34. The van der Waals surface area contributed by atoms with Gasteiger partial charge in [-0.05, 0) is 112 Å². The van der Waals surface area contributed by atoms with Gasteiger partial charge in [-0.2, -0.15) is 0 Å². The fourth-order valence-corrected chi connectivity index (χ4v) is 12.6. The molecular weight excluding hydrogens is 930 g/mol. The third-order valence-electron chi connectivity index (χ3n) is 15.0. The van der Waals surface area contributed by atoms with Crippen LogP contribution in [0.15, 0.2) is 54.9 Å². The number of aromatic amines is 2. The van der Waals surface area contributed by atoms with Crippen LogP contribution in [0.2, 0.25) is 0 Å². The Balaban J connectivity index is 0.899. The summed E-state index contributed by atoms with van der Waals surface area (Å²) in [5.74, 6) is 0.600. The van der Waals surface area contributed by atoms with Crippen LogP contribution in [0, 0.1) is 17.7 Å². The van der Waals surface area contributed by atoms with Crippen molar-refractivity contribution in [2.45, 2.75) is 102 Å². The van der Waals surface area contributed by atoms with Gasteiger partial charge in [0.25, 0.3) is 0 Å². The number of H-pyrrole nitrogens is 2. The van der Waals surface area contributed by atoms with Gasteiger partial charge in [-0.25, -0.2) is 23.9 Å². The fourth-order valence-electron chi connectivity index (χ4n) is 11.4. The van der Waals surface area contributed by atoms with Crippen LogP contribution >= 0.6 is 11.3 Å². The van der Waals surface area contributed by atoms with Crippen molar-refractivity contribution in [2.75, 3.05) is 40.5 Å². The van der Waals surface area contributed by atoms with Gasteiger partial charge in [0, 0.05) is 47.7 Å². The van der Waals surface area contributed by atoms with Crippen molar-refractivity contribution >= 4 is 46.2 Å². The van der Waals surface area contributed by atoms with Gasteiger partial charge < -0.3 is 49.3 Å². The van der Waals surface area contributed by atoms with Crippen molar-refractivity contribution in [3.63, 3.8) is 0 Å². The highest BCUT2D eigenvalue weighted by molar-refractivity contribution is 7.12. The Kier molecular flexibility index (Phi) is 12.6. The van der Waals surface area contributed by atoms with Crippen molar-refractivity contribution in [1.29, 1.82) is 0 Å². The molecule has 1 unspecified atom stereocenters. The molecular formula is C52H58FN9O8S. The Morgan fingerprint density at radius 1 is 0.803 bits per heavy atom. The molecule has 5 atom stereocenters. The molecule has 4 amide bonds. The van der Waals surface area contributed by atoms with Crippen LogP contribution in [0.3, 0.4) is 0 Å². The zero-order chi connectivity index (χ0) is 49.1. The number of carbonyl (C=O) groups excluding carboxylic acids is 4. The third kappa shape index (κ3) is 8.59. The summed E-state index contributed by atoms with van der Waals surface area (Å²) in [6.45, 7) is 5.87. The monoisotopic (exact) mass is 987 g/mol. The van der Waals surface area contributed by atoms with Gasteiger partial charge in [0.05, 0.1) is 71.7 Å². The van der Waals surface area contributed by atoms with E-state index in [-0.39, 0.29) is 35.7 Å². The molecule has 3 saturated heterocycles. The largest absolute Gasteiger partial charge is 0.464 e. The number of nitrogens with one attached hydrogen (secondary N) is 4. The molecule has 372 valence electrons. The SMILES string of the molecule is COC(=O)N[C@H](C(=O)N1CCC[C@H]1c1ncc(-c2cc(F)c3c(c2)OC(c2cc4c(s2)CCC4)n2c-3cc3cc(-c4cnc([C@@H]5CCCN5C(=O)[C@@H](NC(=O)OC)C5CCOCC5)[nH]4)ccc32)[nH]1)C(C)C. The lowest BCUT2D eigenvalue weighted by molar-refractivity contribution is -0.137. The van der Waals surface area contributed by atoms with Crippen molar-refractivity contribution in [3.8, 4) is 39.5 Å². The maximum Gasteiger partial charge on any atom is 0.407 e. The molecule has 6 aromatic rings. The molecule has 2 aromatic carbocycles. The molecule has 71 heavy (non-hydrogen) atoms. The number of ether oxygens (including phenoxy) is 4. The highest BCUT2D eigenvalue weighted by atomic mass is 32.1. The van der Waals surface area contributed by atoms with Crippen molar-refractivity contribution in [1.82, 2.24) is 44.9 Å². The van der Waals surface area contributed by atoms with Crippen molar-refractivity contribution < 1.29 is 42.5 Å². The number of alkyl carbamates (subject to hydrolysis) is 2. The second kappa shape index (κ2) is 19.1. The third-order valence-corrected chi connectivity index (χ3v) is 16.3. The van der Waals surface area contributed by atoms with E-state index in [2.05, 4.69) is 37.3 Å². The van der Waals surface area contributed by atoms with E-state index in [1.165, 1.54) is 30.7 Å². The first kappa shape index (κ1) is 46.6. The summed E-state index contributed by atoms with van der Waals surface area (Å²) in [5, 5.41) is 6.41. The van der Waals surface area contributed by atoms with Gasteiger partial charge >= 0.3 is 12.2 Å². The molecule has 1 aliphatic carbocycles. The van der Waals surface area contributed by atoms with Crippen LogP contribution in [0.1, 0.15) is 104 Å². The standard InChI is InChI=1S/C52H58FN9O8S/c1-27(2)44(58-51(65)67-3)48(63)60-16-6-9-37(60)47-55-26-35(57-47)31-21-33(53)43-39-22-32-20-29(12-13-36(32)62(39)50(70-40(43)23-31)42-24-30-8-5-11-41(30)71-42)34-25-54-46(56-34)38-10-7-17-61(38)49(64)45(59-52(66)68-4)28-14-18-69-19-15-28/h12-13,20-28,37-38,44-45,50H,5-11,14-19H2,1-4H3,(H,54,56)(H,55,57)(H,58,65)(H,59,66)/t37-,38-,44-,45-,50?/m0/s1. The van der Waals surface area contributed by atoms with Gasteiger partial charge in [0.2, 0.25) is 18.0 Å². The van der Waals surface area contributed by atoms with E-state index >= 15 is 4.39 Å². The topological polar surface area (TPSA) is 198 Å². The van der Waals surface area contributed by atoms with E-state index in [4.69, 9.17) is 28.9 Å². The summed E-state index contributed by atoms with van der Waals surface area (Å²) < 4.78 is 41.3. The van der Waals surface area contributed by atoms with Gasteiger partial charge in [0.1, 0.15) is 35.3 Å². The summed E-state index contributed by atoms with van der Waals surface area (Å²) in [6.07, 6.45) is 9.05. The number of aryl methyl sites for hydroxylation is 2. The number of hydrogen-bond donors (Lipinski definition) is 4. The molecule has 8 heterocycles. The minimum atomic E-state index is -0.769. The van der Waals surface area contributed by atoms with Gasteiger partial charge in [0.15, 0.2) is 0 Å². The summed E-state index contributed by atoms with van der Waals surface area (Å²) in [4.78, 5) is 75.1. The number of carbonyl (C=O) groups is 4. The number of rotatable bonds is 11. The number of likely N-dealkylation sites (tertiary alicyclic amines) is 2. The van der Waals surface area contributed by atoms with Crippen LogP contribution in [0.4, 0.5) is 14.0 Å². The second-order valence-corrected chi connectivity index (χ2v) is 20.8. The molecule has 5 aliphatic rings. The molecule has 4 aliphatic heterocycles. The van der Waals surface area contributed by atoms with Crippen LogP contribution in [-0.4, -0.2) is 111 Å². The number of imidazole rings is 2. The fraction of sp³-hybridized carbons (Fsp3) is 0.462. The van der Waals surface area contributed by atoms with E-state index in [9.17, 15) is 19.2 Å². The van der Waals surface area contributed by atoms with Gasteiger partial charge in [-0.15, -0.1) is 11.3 Å². The van der Waals surface area contributed by atoms with Crippen molar-refractivity contribution in [2.24, 2.45) is 11.8 Å². The number of fused-ring (bicyclic) bond motifs is 6. The van der Waals surface area contributed by atoms with E-state index in [0.29, 0.717) is 85.5 Å². The first-order valence-electron chi connectivity index (χ1n) is 24.7. The van der Waals surface area contributed by atoms with E-state index in [1.807, 2.05) is 43.0 Å². The smallest absolute Gasteiger partial charge is 0.407 e. The lowest BCUT2D eigenvalue weighted by atomic mass is 9.90. The van der Waals surface area contributed by atoms with Gasteiger partial charge in [-0.3, -0.25) is 14.2 Å². The lowest BCUT2D eigenvalue weighted by Crippen LogP contribution is -2.53. The molecule has 0 radical (unpaired) electrons. The Hall–Kier alpha value is -6.73. The number of amides is 4. The molecule has 3 fully saturated rings. The van der Waals surface area contributed by atoms with Crippen molar-refractivity contribution in [3.05, 3.63) is 87.6 Å². The summed E-state index contributed by atoms with van der Waals surface area (Å²) >= 11 is 1.75. The number of benzene rings is 2. The molecule has 17 nitrogen and oxygen atoms in total. The Bertz CT molecular complexity index is 3000. The summed E-state index contributed by atoms with van der Waals surface area (Å²) in [5.41, 5.74) is 6.06. The predicted octanol–water partition coefficient (Wildman–Crippen LogP) is 8.58. The second-order valence-electron chi connectivity index (χ2n) is 19.6. The summed E-state index contributed by atoms with van der Waals surface area (Å²) in [7, 11) is 2.57. The van der Waals surface area contributed by atoms with Crippen LogP contribution in [0.5, 0.6) is 5.75 Å². The number of aromatic nitrogens is 5. The molecule has 4 aromatic heterocycles. The van der Waals surface area contributed by atoms with E-state index < -0.39 is 36.3 Å². The normalized spacial score (nSPS) is 20.6. The Labute approximate surface area is 413 Å². The molecule has 11 rings (SSSR count). The molecule has 0 spiro atoms. The zero-order valence-corrected chi connectivity index (χ0v) is 41.0. The maximum atomic E-state index is 17.0. The highest BCUT2D eigenvalue weighted by Gasteiger charge is 2.41. The van der Waals surface area contributed by atoms with E-state index in [1.54, 1.807) is 28.6 Å². The predicted molar refractivity (Wildman–Crippen MR) is 262 cm³/mol. The van der Waals surface area contributed by atoms with Gasteiger partial charge in [-0.1, -0.05) is 19.9 Å². The van der Waals surface area contributed by atoms with E-state index in [0.717, 1.165) is 65.6 Å². The van der Waals surface area contributed by atoms with Crippen LogP contribution in [-0.2, 0) is 36.6 Å². The first-order valence-corrected chi connectivity index (χ1v) is 25.5. The average Bonchev–Trinajstić information content (AvgIpc) is 4.24. The highest BCUT2D eigenvalue weighted by Crippen LogP contribution is 2.49. The molecule has 19 heteroatoms. The number of halogens is 1. The summed E-state index contributed by atoms with van der Waals surface area (Å²) in [6, 6.07) is 11.6. The van der Waals surface area contributed by atoms with Crippen LogP contribution in [0.25, 0.3) is 44.7 Å². The quantitative estimate of drug-likeness (QED) is 0.0976. The Morgan fingerprint density at radius 2 is 1.48 bits per heavy atom. The number of hydrogen-bond acceptors (Lipinski definition) is 11. The molecule has 0 saturated carbocycles. The maximum absolute atomic E-state index is 17.0. The average molecular weight is 988 g/mol. The number of thiophene rings is 1. The molecule has 4 N–H and O–H groups in total. The first-order chi connectivity index (χ1) is 34.5. The molecule has 0 bridgehead atoms. The number of methoxy groups -OCH3 is 2. The van der Waals surface area contributed by atoms with Crippen LogP contribution < -0.4 is 15.4 Å². The Morgan fingerprint density at radius 3 is 2.15 bits per heavy atom. The minimum absolute atomic E-state index is 0.0712. The number of nitrogens with zero attached hydrogens (tertiary/aromatic N) is 5. The minimum Gasteiger partial charge on any atom is -0.464 e. The zero-order valence-electron chi connectivity index (χ0n) is 40.2.